The molecule has 0 radical (unpaired) electrons. The number of carboxylic acid groups (broad SMARTS) is 1. The van der Waals surface area contributed by atoms with E-state index in [1.54, 1.807) is 4.90 Å². The zero-order valence-electron chi connectivity index (χ0n) is 10.8. The van der Waals surface area contributed by atoms with Crippen molar-refractivity contribution >= 4 is 11.9 Å². The summed E-state index contributed by atoms with van der Waals surface area (Å²) in [5.41, 5.74) is 0. The number of carbonyl (C=O) groups excluding carboxylic acids is 1. The van der Waals surface area contributed by atoms with Crippen LogP contribution in [0.15, 0.2) is 0 Å². The lowest BCUT2D eigenvalue weighted by molar-refractivity contribution is -0.147. The van der Waals surface area contributed by atoms with Crippen LogP contribution in [0, 0.1) is 11.8 Å². The van der Waals surface area contributed by atoms with Crippen molar-refractivity contribution in [2.75, 3.05) is 13.1 Å². The third kappa shape index (κ3) is 4.75. The second-order valence-corrected chi connectivity index (χ2v) is 5.30. The molecule has 1 heterocycles. The van der Waals surface area contributed by atoms with E-state index in [1.165, 1.54) is 6.42 Å². The van der Waals surface area contributed by atoms with Gasteiger partial charge >= 0.3 is 5.97 Å². The van der Waals surface area contributed by atoms with Gasteiger partial charge in [0.15, 0.2) is 0 Å². The van der Waals surface area contributed by atoms with E-state index in [2.05, 4.69) is 13.8 Å². The molecule has 0 aromatic rings. The number of nitrogens with zero attached hydrogens (tertiary/aromatic N) is 1. The molecule has 4 nitrogen and oxygen atoms in total. The number of aliphatic carboxylic acids is 1. The van der Waals surface area contributed by atoms with Gasteiger partial charge in [-0.25, -0.2) is 0 Å². The van der Waals surface area contributed by atoms with E-state index < -0.39 is 5.97 Å². The van der Waals surface area contributed by atoms with Gasteiger partial charge in [0.2, 0.25) is 5.91 Å². The van der Waals surface area contributed by atoms with Gasteiger partial charge in [-0.05, 0) is 18.8 Å². The smallest absolute Gasteiger partial charge is 0.308 e. The Morgan fingerprint density at radius 2 is 2.18 bits per heavy atom. The van der Waals surface area contributed by atoms with Crippen LogP contribution in [-0.2, 0) is 9.59 Å². The van der Waals surface area contributed by atoms with Crippen molar-refractivity contribution in [2.24, 2.45) is 11.8 Å². The van der Waals surface area contributed by atoms with E-state index in [0.717, 1.165) is 19.4 Å². The highest BCUT2D eigenvalue weighted by atomic mass is 16.4. The molecular weight excluding hydrogens is 218 g/mol. The van der Waals surface area contributed by atoms with E-state index in [4.69, 9.17) is 5.11 Å². The van der Waals surface area contributed by atoms with Crippen molar-refractivity contribution in [3.8, 4) is 0 Å². The van der Waals surface area contributed by atoms with Gasteiger partial charge in [-0.3, -0.25) is 9.59 Å². The Kier molecular flexibility index (Phi) is 5.45. The van der Waals surface area contributed by atoms with Crippen LogP contribution in [0.2, 0.25) is 0 Å². The van der Waals surface area contributed by atoms with Gasteiger partial charge in [0.05, 0.1) is 5.92 Å². The van der Waals surface area contributed by atoms with Crippen molar-refractivity contribution < 1.29 is 14.7 Å². The largest absolute Gasteiger partial charge is 0.481 e. The van der Waals surface area contributed by atoms with Crippen molar-refractivity contribution in [1.29, 1.82) is 0 Å². The lowest BCUT2D eigenvalue weighted by Crippen LogP contribution is -2.42. The molecule has 1 amide bonds. The first-order valence-corrected chi connectivity index (χ1v) is 6.51. The zero-order chi connectivity index (χ0) is 12.8. The number of amides is 1. The van der Waals surface area contributed by atoms with E-state index in [0.29, 0.717) is 25.3 Å². The average Bonchev–Trinajstić information content (AvgIpc) is 2.25. The maximum absolute atomic E-state index is 11.6. The fourth-order valence-electron chi connectivity index (χ4n) is 2.19. The van der Waals surface area contributed by atoms with Crippen LogP contribution in [0.5, 0.6) is 0 Å². The quantitative estimate of drug-likeness (QED) is 0.725. The molecular formula is C13H23NO3. The van der Waals surface area contributed by atoms with Crippen LogP contribution in [0.1, 0.15) is 46.0 Å². The van der Waals surface area contributed by atoms with Crippen LogP contribution in [0.3, 0.4) is 0 Å². The molecule has 0 aromatic carbocycles. The first kappa shape index (κ1) is 14.0. The summed E-state index contributed by atoms with van der Waals surface area (Å²) in [6.45, 7) is 5.49. The molecule has 1 fully saturated rings. The molecule has 1 saturated heterocycles. The third-order valence-corrected chi connectivity index (χ3v) is 3.31. The molecule has 98 valence electrons. The molecule has 1 N–H and O–H groups in total. The molecule has 1 atom stereocenters. The van der Waals surface area contributed by atoms with Gasteiger partial charge in [0.25, 0.3) is 0 Å². The van der Waals surface area contributed by atoms with Crippen molar-refractivity contribution in [2.45, 2.75) is 46.0 Å². The molecule has 1 unspecified atom stereocenters. The Morgan fingerprint density at radius 3 is 2.76 bits per heavy atom. The summed E-state index contributed by atoms with van der Waals surface area (Å²) < 4.78 is 0. The normalized spacial score (nSPS) is 21.0. The molecule has 0 aromatic heterocycles. The fraction of sp³-hybridized carbons (Fsp3) is 0.846. The molecule has 0 aliphatic carbocycles. The lowest BCUT2D eigenvalue weighted by Gasteiger charge is -2.30. The summed E-state index contributed by atoms with van der Waals surface area (Å²) >= 11 is 0. The summed E-state index contributed by atoms with van der Waals surface area (Å²) in [4.78, 5) is 24.2. The first-order valence-electron chi connectivity index (χ1n) is 6.51. The molecule has 0 bridgehead atoms. The number of carbonyl (C=O) groups is 2. The highest BCUT2D eigenvalue weighted by molar-refractivity contribution is 5.80. The minimum absolute atomic E-state index is 0.118. The van der Waals surface area contributed by atoms with Crippen LogP contribution in [0.4, 0.5) is 0 Å². The lowest BCUT2D eigenvalue weighted by atomic mass is 9.97. The zero-order valence-corrected chi connectivity index (χ0v) is 10.8. The number of likely N-dealkylation sites (tertiary alicyclic amines) is 1. The molecule has 17 heavy (non-hydrogen) atoms. The van der Waals surface area contributed by atoms with Gasteiger partial charge in [-0.15, -0.1) is 0 Å². The van der Waals surface area contributed by atoms with Gasteiger partial charge in [-0.1, -0.05) is 26.7 Å². The van der Waals surface area contributed by atoms with Gasteiger partial charge in [0.1, 0.15) is 0 Å². The molecule has 1 aliphatic heterocycles. The number of hydrogen-bond acceptors (Lipinski definition) is 2. The van der Waals surface area contributed by atoms with Gasteiger partial charge in [-0.2, -0.15) is 0 Å². The predicted octanol–water partition coefficient (Wildman–Crippen LogP) is 2.14. The Morgan fingerprint density at radius 1 is 1.47 bits per heavy atom. The Balaban J connectivity index is 2.30. The van der Waals surface area contributed by atoms with Gasteiger partial charge in [0, 0.05) is 19.5 Å². The molecule has 1 aliphatic rings. The number of rotatable bonds is 6. The highest BCUT2D eigenvalue weighted by Crippen LogP contribution is 2.18. The maximum atomic E-state index is 11.6. The van der Waals surface area contributed by atoms with Crippen LogP contribution < -0.4 is 0 Å². The summed E-state index contributed by atoms with van der Waals surface area (Å²) in [6, 6.07) is 0. The third-order valence-electron chi connectivity index (χ3n) is 3.31. The molecule has 0 spiro atoms. The summed E-state index contributed by atoms with van der Waals surface area (Å²) in [7, 11) is 0. The molecule has 4 heteroatoms. The standard InChI is InChI=1S/C13H23NO3/c1-10(2)5-3-4-8-14-9-11(13(16)17)6-7-12(14)15/h10-11H,3-9H2,1-2H3,(H,16,17). The average molecular weight is 241 g/mol. The Labute approximate surface area is 103 Å². The van der Waals surface area contributed by atoms with E-state index in [1.807, 2.05) is 0 Å². The van der Waals surface area contributed by atoms with Gasteiger partial charge < -0.3 is 10.0 Å². The summed E-state index contributed by atoms with van der Waals surface area (Å²) in [5.74, 6) is -0.326. The van der Waals surface area contributed by atoms with Crippen LogP contribution >= 0.6 is 0 Å². The Hall–Kier alpha value is -1.06. The second kappa shape index (κ2) is 6.62. The molecule has 0 saturated carbocycles. The number of piperidine rings is 1. The summed E-state index contributed by atoms with van der Waals surface area (Å²) in [5, 5.41) is 8.95. The van der Waals surface area contributed by atoms with E-state index in [9.17, 15) is 9.59 Å². The Bertz CT molecular complexity index is 276. The van der Waals surface area contributed by atoms with E-state index in [-0.39, 0.29) is 11.8 Å². The fourth-order valence-corrected chi connectivity index (χ4v) is 2.19. The SMILES string of the molecule is CC(C)CCCCN1CC(C(=O)O)CCC1=O. The molecule has 1 rings (SSSR count). The number of hydrogen-bond donors (Lipinski definition) is 1. The minimum Gasteiger partial charge on any atom is -0.481 e. The van der Waals surface area contributed by atoms with Crippen LogP contribution in [0.25, 0.3) is 0 Å². The minimum atomic E-state index is -0.773. The highest BCUT2D eigenvalue weighted by Gasteiger charge is 2.29. The topological polar surface area (TPSA) is 57.6 Å². The van der Waals surface area contributed by atoms with Crippen molar-refractivity contribution in [3.05, 3.63) is 0 Å². The number of carboxylic acids is 1. The maximum Gasteiger partial charge on any atom is 0.308 e. The predicted molar refractivity (Wildman–Crippen MR) is 65.6 cm³/mol. The van der Waals surface area contributed by atoms with Crippen molar-refractivity contribution in [1.82, 2.24) is 4.90 Å². The second-order valence-electron chi connectivity index (χ2n) is 5.30. The number of unbranched alkanes of at least 4 members (excludes halogenated alkanes) is 1. The monoisotopic (exact) mass is 241 g/mol. The van der Waals surface area contributed by atoms with E-state index >= 15 is 0 Å². The first-order chi connectivity index (χ1) is 8.00. The summed E-state index contributed by atoms with van der Waals surface area (Å²) in [6.07, 6.45) is 4.15. The van der Waals surface area contributed by atoms with Crippen molar-refractivity contribution in [3.63, 3.8) is 0 Å². The van der Waals surface area contributed by atoms with Crippen LogP contribution in [-0.4, -0.2) is 35.0 Å².